The Labute approximate surface area is 160 Å². The lowest BCUT2D eigenvalue weighted by atomic mass is 10.1. The van der Waals surface area contributed by atoms with Crippen LogP contribution in [0.25, 0.3) is 0 Å². The van der Waals surface area contributed by atoms with Crippen molar-refractivity contribution in [3.8, 4) is 11.5 Å². The maximum atomic E-state index is 6.20. The molecule has 0 aromatic heterocycles. The largest absolute Gasteiger partial charge is 0.455 e. The van der Waals surface area contributed by atoms with Gasteiger partial charge in [0.15, 0.2) is 5.75 Å². The fraction of sp³-hybridized carbons (Fsp3) is 0.500. The monoisotopic (exact) mass is 353 g/mol. The number of unbranched alkanes of at least 4 members (excludes halogenated alkanes) is 6. The molecule has 0 radical (unpaired) electrons. The molecule has 0 saturated heterocycles. The highest BCUT2D eigenvalue weighted by molar-refractivity contribution is 5.59. The van der Waals surface area contributed by atoms with E-state index in [1.165, 1.54) is 57.1 Å². The normalized spacial score (nSPS) is 10.7. The lowest BCUT2D eigenvalue weighted by Gasteiger charge is -2.27. The van der Waals surface area contributed by atoms with E-state index in [0.29, 0.717) is 0 Å². The molecule has 0 N–H and O–H groups in total. The molecule has 26 heavy (non-hydrogen) atoms. The predicted molar refractivity (Wildman–Crippen MR) is 113 cm³/mol. The molecule has 2 nitrogen and oxygen atoms in total. The Bertz CT molecular complexity index is 584. The first-order chi connectivity index (χ1) is 12.8. The number of hydrogen-bond donors (Lipinski definition) is 0. The average Bonchev–Trinajstić information content (AvgIpc) is 2.68. The molecule has 2 aromatic rings. The predicted octanol–water partition coefficient (Wildman–Crippen LogP) is 7.45. The maximum Gasteiger partial charge on any atom is 0.150 e. The second-order valence-corrected chi connectivity index (χ2v) is 6.99. The van der Waals surface area contributed by atoms with E-state index in [-0.39, 0.29) is 0 Å². The number of nitrogens with zero attached hydrogens (tertiary/aromatic N) is 1. The summed E-state index contributed by atoms with van der Waals surface area (Å²) >= 11 is 0. The molecule has 0 aliphatic heterocycles. The zero-order chi connectivity index (χ0) is 18.5. The highest BCUT2D eigenvalue weighted by atomic mass is 16.5. The molecule has 0 fully saturated rings. The van der Waals surface area contributed by atoms with Crippen molar-refractivity contribution in [2.24, 2.45) is 0 Å². The van der Waals surface area contributed by atoms with Crippen molar-refractivity contribution in [1.82, 2.24) is 0 Å². The number of rotatable bonds is 13. The Morgan fingerprint density at radius 3 is 1.85 bits per heavy atom. The lowest BCUT2D eigenvalue weighted by Crippen LogP contribution is -2.26. The van der Waals surface area contributed by atoms with E-state index >= 15 is 0 Å². The molecular formula is C24H35NO. The molecule has 0 heterocycles. The molecule has 0 atom stereocenters. The Balaban J connectivity index is 2.08. The van der Waals surface area contributed by atoms with Crippen LogP contribution in [0.3, 0.4) is 0 Å². The van der Waals surface area contributed by atoms with Crippen molar-refractivity contribution in [1.29, 1.82) is 0 Å². The van der Waals surface area contributed by atoms with Crippen LogP contribution in [0.1, 0.15) is 65.2 Å². The summed E-state index contributed by atoms with van der Waals surface area (Å²) in [6.07, 6.45) is 10.3. The van der Waals surface area contributed by atoms with Gasteiger partial charge in [-0.05, 0) is 37.1 Å². The fourth-order valence-electron chi connectivity index (χ4n) is 3.23. The summed E-state index contributed by atoms with van der Waals surface area (Å²) in [6, 6.07) is 18.6. The number of benzene rings is 2. The maximum absolute atomic E-state index is 6.20. The molecule has 142 valence electrons. The lowest BCUT2D eigenvalue weighted by molar-refractivity contribution is 0.479. The fourth-order valence-corrected chi connectivity index (χ4v) is 3.23. The highest BCUT2D eigenvalue weighted by Gasteiger charge is 2.12. The second-order valence-electron chi connectivity index (χ2n) is 6.99. The molecule has 0 unspecified atom stereocenters. The van der Waals surface area contributed by atoms with E-state index in [9.17, 15) is 0 Å². The standard InChI is InChI=1S/C24H35NO/c1-3-5-7-14-20-25(21-15-8-6-4-2)23-18-12-13-19-24(23)26-22-16-10-9-11-17-22/h9-13,16-19H,3-8,14-15,20-21H2,1-2H3. The van der Waals surface area contributed by atoms with Gasteiger partial charge in [0.25, 0.3) is 0 Å². The Morgan fingerprint density at radius 2 is 1.23 bits per heavy atom. The van der Waals surface area contributed by atoms with Gasteiger partial charge in [-0.2, -0.15) is 0 Å². The SMILES string of the molecule is CCCCCCN(CCCCCC)c1ccccc1Oc1ccccc1. The van der Waals surface area contributed by atoms with Crippen LogP contribution in [0.2, 0.25) is 0 Å². The van der Waals surface area contributed by atoms with Crippen LogP contribution in [0.5, 0.6) is 11.5 Å². The number of hydrogen-bond acceptors (Lipinski definition) is 2. The van der Waals surface area contributed by atoms with E-state index < -0.39 is 0 Å². The third-order valence-corrected chi connectivity index (χ3v) is 4.74. The first-order valence-corrected chi connectivity index (χ1v) is 10.4. The Morgan fingerprint density at radius 1 is 0.654 bits per heavy atom. The minimum Gasteiger partial charge on any atom is -0.455 e. The van der Waals surface area contributed by atoms with Gasteiger partial charge >= 0.3 is 0 Å². The van der Waals surface area contributed by atoms with E-state index in [2.05, 4.69) is 43.0 Å². The number of para-hydroxylation sites is 3. The summed E-state index contributed by atoms with van der Waals surface area (Å²) in [6.45, 7) is 6.76. The molecule has 0 spiro atoms. The summed E-state index contributed by atoms with van der Waals surface area (Å²) in [5.41, 5.74) is 1.23. The van der Waals surface area contributed by atoms with Crippen LogP contribution in [0, 0.1) is 0 Å². The van der Waals surface area contributed by atoms with Crippen molar-refractivity contribution in [2.45, 2.75) is 65.2 Å². The molecule has 0 saturated carbocycles. The molecule has 0 bridgehead atoms. The first kappa shape index (κ1) is 20.4. The van der Waals surface area contributed by atoms with Gasteiger partial charge in [0.05, 0.1) is 5.69 Å². The minimum absolute atomic E-state index is 0.900. The van der Waals surface area contributed by atoms with Gasteiger partial charge < -0.3 is 9.64 Å². The molecular weight excluding hydrogens is 318 g/mol. The summed E-state index contributed by atoms with van der Waals surface area (Å²) in [7, 11) is 0. The van der Waals surface area contributed by atoms with Crippen LogP contribution in [0.4, 0.5) is 5.69 Å². The zero-order valence-corrected chi connectivity index (χ0v) is 16.6. The van der Waals surface area contributed by atoms with Crippen LogP contribution >= 0.6 is 0 Å². The van der Waals surface area contributed by atoms with Gasteiger partial charge in [0.1, 0.15) is 5.75 Å². The minimum atomic E-state index is 0.900. The molecule has 2 rings (SSSR count). The molecule has 0 aliphatic carbocycles. The molecule has 2 heteroatoms. The average molecular weight is 354 g/mol. The smallest absolute Gasteiger partial charge is 0.150 e. The Hall–Kier alpha value is -1.96. The van der Waals surface area contributed by atoms with Gasteiger partial charge in [-0.25, -0.2) is 0 Å². The van der Waals surface area contributed by atoms with Crippen molar-refractivity contribution < 1.29 is 4.74 Å². The van der Waals surface area contributed by atoms with Crippen LogP contribution in [-0.4, -0.2) is 13.1 Å². The summed E-state index contributed by atoms with van der Waals surface area (Å²) < 4.78 is 6.20. The molecule has 2 aromatic carbocycles. The van der Waals surface area contributed by atoms with Gasteiger partial charge in [-0.1, -0.05) is 82.7 Å². The quantitative estimate of drug-likeness (QED) is 0.347. The molecule has 0 amide bonds. The van der Waals surface area contributed by atoms with Gasteiger partial charge in [0, 0.05) is 13.1 Å². The zero-order valence-electron chi connectivity index (χ0n) is 16.6. The van der Waals surface area contributed by atoms with Gasteiger partial charge in [-0.15, -0.1) is 0 Å². The van der Waals surface area contributed by atoms with Crippen molar-refractivity contribution in [3.05, 3.63) is 54.6 Å². The highest BCUT2D eigenvalue weighted by Crippen LogP contribution is 2.32. The van der Waals surface area contributed by atoms with Gasteiger partial charge in [-0.3, -0.25) is 0 Å². The second kappa shape index (κ2) is 12.4. The summed E-state index contributed by atoms with van der Waals surface area (Å²) in [5, 5.41) is 0. The van der Waals surface area contributed by atoms with E-state index in [1.807, 2.05) is 30.3 Å². The van der Waals surface area contributed by atoms with E-state index in [1.54, 1.807) is 0 Å². The van der Waals surface area contributed by atoms with Crippen LogP contribution in [0.15, 0.2) is 54.6 Å². The summed E-state index contributed by atoms with van der Waals surface area (Å²) in [5.74, 6) is 1.86. The Kier molecular flexibility index (Phi) is 9.71. The number of anilines is 1. The van der Waals surface area contributed by atoms with Crippen LogP contribution in [-0.2, 0) is 0 Å². The third-order valence-electron chi connectivity index (χ3n) is 4.74. The van der Waals surface area contributed by atoms with Crippen molar-refractivity contribution in [2.75, 3.05) is 18.0 Å². The van der Waals surface area contributed by atoms with Crippen molar-refractivity contribution >= 4 is 5.69 Å². The van der Waals surface area contributed by atoms with E-state index in [4.69, 9.17) is 4.74 Å². The summed E-state index contributed by atoms with van der Waals surface area (Å²) in [4.78, 5) is 2.53. The first-order valence-electron chi connectivity index (χ1n) is 10.4. The van der Waals surface area contributed by atoms with E-state index in [0.717, 1.165) is 24.6 Å². The van der Waals surface area contributed by atoms with Crippen molar-refractivity contribution in [3.63, 3.8) is 0 Å². The molecule has 0 aliphatic rings. The topological polar surface area (TPSA) is 12.5 Å². The van der Waals surface area contributed by atoms with Crippen LogP contribution < -0.4 is 9.64 Å². The van der Waals surface area contributed by atoms with Gasteiger partial charge in [0.2, 0.25) is 0 Å². The third kappa shape index (κ3) is 7.11. The number of ether oxygens (including phenoxy) is 1.